The second-order valence-corrected chi connectivity index (χ2v) is 8.32. The lowest BCUT2D eigenvalue weighted by molar-refractivity contribution is -0.119. The van der Waals surface area contributed by atoms with Gasteiger partial charge in [-0.1, -0.05) is 29.8 Å². The van der Waals surface area contributed by atoms with Crippen LogP contribution in [-0.4, -0.2) is 47.4 Å². The van der Waals surface area contributed by atoms with Gasteiger partial charge in [-0.3, -0.25) is 9.10 Å². The molecule has 0 spiro atoms. The molecular weight excluding hydrogens is 404 g/mol. The van der Waals surface area contributed by atoms with Crippen molar-refractivity contribution in [1.29, 1.82) is 0 Å². The number of amides is 1. The molecule has 0 fully saturated rings. The molecule has 7 nitrogen and oxygen atoms in total. The maximum Gasteiger partial charge on any atom is 0.240 e. The van der Waals surface area contributed by atoms with Crippen molar-refractivity contribution in [2.75, 3.05) is 37.4 Å². The van der Waals surface area contributed by atoms with Gasteiger partial charge in [-0.25, -0.2) is 8.42 Å². The highest BCUT2D eigenvalue weighted by atomic mass is 35.5. The Balaban J connectivity index is 1.96. The Kier molecular flexibility index (Phi) is 7.53. The smallest absolute Gasteiger partial charge is 0.240 e. The number of hydrogen-bond acceptors (Lipinski definition) is 5. The van der Waals surface area contributed by atoms with Crippen LogP contribution in [0.3, 0.4) is 0 Å². The summed E-state index contributed by atoms with van der Waals surface area (Å²) in [5.41, 5.74) is 0.956. The van der Waals surface area contributed by atoms with Gasteiger partial charge >= 0.3 is 0 Å². The van der Waals surface area contributed by atoms with Crippen molar-refractivity contribution in [3.8, 4) is 11.5 Å². The predicted molar refractivity (Wildman–Crippen MR) is 110 cm³/mol. The number of nitrogens with one attached hydrogen (secondary N) is 1. The molecule has 0 unspecified atom stereocenters. The zero-order valence-corrected chi connectivity index (χ0v) is 17.5. The highest BCUT2D eigenvalue weighted by molar-refractivity contribution is 7.92. The van der Waals surface area contributed by atoms with Gasteiger partial charge in [0.05, 0.1) is 25.6 Å². The molecule has 0 aliphatic heterocycles. The van der Waals surface area contributed by atoms with E-state index in [9.17, 15) is 13.2 Å². The molecule has 2 aromatic rings. The van der Waals surface area contributed by atoms with Crippen LogP contribution in [0.1, 0.15) is 5.56 Å². The first-order chi connectivity index (χ1) is 13.2. The highest BCUT2D eigenvalue weighted by Gasteiger charge is 2.23. The van der Waals surface area contributed by atoms with Crippen LogP contribution < -0.4 is 19.1 Å². The summed E-state index contributed by atoms with van der Waals surface area (Å²) in [6, 6.07) is 12.1. The molecule has 0 aliphatic carbocycles. The topological polar surface area (TPSA) is 84.9 Å². The van der Waals surface area contributed by atoms with Crippen molar-refractivity contribution in [2.45, 2.75) is 6.92 Å². The van der Waals surface area contributed by atoms with Gasteiger partial charge in [0.25, 0.3) is 0 Å². The Bertz CT molecular complexity index is 934. The SMILES string of the molecule is COc1ccccc1OCCNC(=O)CN(c1cccc(Cl)c1C)S(C)(=O)=O. The number of methoxy groups -OCH3 is 1. The summed E-state index contributed by atoms with van der Waals surface area (Å²) in [5, 5.41) is 3.08. The summed E-state index contributed by atoms with van der Waals surface area (Å²) in [7, 11) is -2.13. The zero-order valence-electron chi connectivity index (χ0n) is 15.9. The van der Waals surface area contributed by atoms with Gasteiger partial charge in [0.1, 0.15) is 13.2 Å². The van der Waals surface area contributed by atoms with Crippen LogP contribution in [0.5, 0.6) is 11.5 Å². The van der Waals surface area contributed by atoms with E-state index in [-0.39, 0.29) is 19.7 Å². The fraction of sp³-hybridized carbons (Fsp3) is 0.316. The van der Waals surface area contributed by atoms with Crippen molar-refractivity contribution in [3.63, 3.8) is 0 Å². The molecule has 0 atom stereocenters. The fourth-order valence-corrected chi connectivity index (χ4v) is 3.60. The number of carbonyl (C=O) groups is 1. The minimum atomic E-state index is -3.67. The molecule has 2 rings (SSSR count). The molecule has 1 N–H and O–H groups in total. The predicted octanol–water partition coefficient (Wildman–Crippen LogP) is 2.62. The van der Waals surface area contributed by atoms with Gasteiger partial charge in [-0.15, -0.1) is 0 Å². The molecule has 0 bridgehead atoms. The van der Waals surface area contributed by atoms with Crippen molar-refractivity contribution in [2.24, 2.45) is 0 Å². The summed E-state index contributed by atoms with van der Waals surface area (Å²) < 4.78 is 36.2. The second-order valence-electron chi connectivity index (χ2n) is 6.00. The standard InChI is InChI=1S/C19H23ClN2O5S/c1-14-15(20)7-6-8-16(14)22(28(3,24)25)13-19(23)21-11-12-27-18-10-5-4-9-17(18)26-2/h4-10H,11-13H2,1-3H3,(H,21,23). The van der Waals surface area contributed by atoms with Gasteiger partial charge in [0, 0.05) is 5.02 Å². The first-order valence-corrected chi connectivity index (χ1v) is 10.7. The van der Waals surface area contributed by atoms with E-state index in [0.717, 1.165) is 10.6 Å². The number of halogens is 1. The highest BCUT2D eigenvalue weighted by Crippen LogP contribution is 2.28. The Morgan fingerprint density at radius 1 is 1.14 bits per heavy atom. The van der Waals surface area contributed by atoms with Crippen LogP contribution in [0.2, 0.25) is 5.02 Å². The molecular formula is C19H23ClN2O5S. The van der Waals surface area contributed by atoms with Crippen LogP contribution in [0.25, 0.3) is 0 Å². The minimum absolute atomic E-state index is 0.210. The number of ether oxygens (including phenoxy) is 2. The minimum Gasteiger partial charge on any atom is -0.493 e. The lowest BCUT2D eigenvalue weighted by Gasteiger charge is -2.24. The number of para-hydroxylation sites is 2. The van der Waals surface area contributed by atoms with E-state index in [2.05, 4.69) is 5.32 Å². The number of rotatable bonds is 9. The van der Waals surface area contributed by atoms with E-state index < -0.39 is 15.9 Å². The Labute approximate surface area is 170 Å². The molecule has 0 aromatic heterocycles. The van der Waals surface area contributed by atoms with Crippen molar-refractivity contribution < 1.29 is 22.7 Å². The quantitative estimate of drug-likeness (QED) is 0.623. The molecule has 0 saturated heterocycles. The molecule has 0 aliphatic rings. The number of nitrogens with zero attached hydrogens (tertiary/aromatic N) is 1. The lowest BCUT2D eigenvalue weighted by atomic mass is 10.2. The number of benzene rings is 2. The Morgan fingerprint density at radius 2 is 1.82 bits per heavy atom. The summed E-state index contributed by atoms with van der Waals surface area (Å²) >= 11 is 6.08. The normalized spacial score (nSPS) is 11.0. The van der Waals surface area contributed by atoms with Gasteiger partial charge in [-0.05, 0) is 36.8 Å². The molecule has 1 amide bonds. The third-order valence-corrected chi connectivity index (χ3v) is 5.48. The Morgan fingerprint density at radius 3 is 2.46 bits per heavy atom. The number of anilines is 1. The van der Waals surface area contributed by atoms with Crippen LogP contribution in [0.15, 0.2) is 42.5 Å². The summed E-state index contributed by atoms with van der Waals surface area (Å²) in [6.45, 7) is 1.77. The van der Waals surface area contributed by atoms with Crippen LogP contribution in [0.4, 0.5) is 5.69 Å². The summed E-state index contributed by atoms with van der Waals surface area (Å²) in [5.74, 6) is 0.702. The van der Waals surface area contributed by atoms with Gasteiger partial charge < -0.3 is 14.8 Å². The van der Waals surface area contributed by atoms with E-state index in [1.165, 1.54) is 0 Å². The fourth-order valence-electron chi connectivity index (χ4n) is 2.52. The van der Waals surface area contributed by atoms with Crippen LogP contribution in [-0.2, 0) is 14.8 Å². The third kappa shape index (κ3) is 5.77. The molecule has 9 heteroatoms. The first kappa shape index (κ1) is 21.8. The van der Waals surface area contributed by atoms with E-state index >= 15 is 0 Å². The second kappa shape index (κ2) is 9.66. The van der Waals surface area contributed by atoms with Crippen molar-refractivity contribution >= 4 is 33.2 Å². The monoisotopic (exact) mass is 426 g/mol. The van der Waals surface area contributed by atoms with Crippen molar-refractivity contribution in [3.05, 3.63) is 53.1 Å². The molecule has 0 saturated carbocycles. The zero-order chi connectivity index (χ0) is 20.7. The average Bonchev–Trinajstić information content (AvgIpc) is 2.65. The maximum absolute atomic E-state index is 12.3. The molecule has 152 valence electrons. The molecule has 0 radical (unpaired) electrons. The summed E-state index contributed by atoms with van der Waals surface area (Å²) in [6.07, 6.45) is 1.05. The average molecular weight is 427 g/mol. The number of sulfonamides is 1. The Hall–Kier alpha value is -2.45. The maximum atomic E-state index is 12.3. The number of hydrogen-bond donors (Lipinski definition) is 1. The van der Waals surface area contributed by atoms with Gasteiger partial charge in [0.15, 0.2) is 11.5 Å². The van der Waals surface area contributed by atoms with E-state index in [1.54, 1.807) is 44.4 Å². The first-order valence-electron chi connectivity index (χ1n) is 8.49. The number of carbonyl (C=O) groups excluding carboxylic acids is 1. The third-order valence-electron chi connectivity index (χ3n) is 3.95. The largest absolute Gasteiger partial charge is 0.493 e. The van der Waals surface area contributed by atoms with Crippen LogP contribution in [0, 0.1) is 6.92 Å². The van der Waals surface area contributed by atoms with E-state index in [4.69, 9.17) is 21.1 Å². The lowest BCUT2D eigenvalue weighted by Crippen LogP contribution is -2.41. The van der Waals surface area contributed by atoms with E-state index in [1.807, 2.05) is 12.1 Å². The molecule has 0 heterocycles. The van der Waals surface area contributed by atoms with Gasteiger partial charge in [0.2, 0.25) is 15.9 Å². The molecule has 2 aromatic carbocycles. The van der Waals surface area contributed by atoms with E-state index in [0.29, 0.717) is 27.8 Å². The van der Waals surface area contributed by atoms with Crippen LogP contribution >= 0.6 is 11.6 Å². The van der Waals surface area contributed by atoms with Gasteiger partial charge in [-0.2, -0.15) is 0 Å². The molecule has 28 heavy (non-hydrogen) atoms. The van der Waals surface area contributed by atoms with Crippen molar-refractivity contribution in [1.82, 2.24) is 5.32 Å². The summed E-state index contributed by atoms with van der Waals surface area (Å²) in [4.78, 5) is 12.3.